The van der Waals surface area contributed by atoms with Crippen LogP contribution in [0.25, 0.3) is 0 Å². The predicted octanol–water partition coefficient (Wildman–Crippen LogP) is 4.80. The highest BCUT2D eigenvalue weighted by molar-refractivity contribution is 7.99. The molecule has 4 rings (SSSR count). The average Bonchev–Trinajstić information content (AvgIpc) is 2.75. The van der Waals surface area contributed by atoms with Crippen LogP contribution in [0.1, 0.15) is 35.2 Å². The number of hydrogen-bond donors (Lipinski definition) is 0. The van der Waals surface area contributed by atoms with Gasteiger partial charge in [0.15, 0.2) is 0 Å². The van der Waals surface area contributed by atoms with Crippen LogP contribution in [0.5, 0.6) is 5.75 Å². The van der Waals surface area contributed by atoms with Crippen LogP contribution in [-0.2, 0) is 28.4 Å². The van der Waals surface area contributed by atoms with Crippen molar-refractivity contribution in [2.75, 3.05) is 7.11 Å². The Morgan fingerprint density at radius 3 is 2.57 bits per heavy atom. The fraction of sp³-hybridized carbons (Fsp3) is 0.304. The number of methoxy groups -OCH3 is 1. The molecule has 3 aromatic rings. The summed E-state index contributed by atoms with van der Waals surface area (Å²) in [6.07, 6.45) is 3.75. The minimum atomic E-state index is -3.65. The van der Waals surface area contributed by atoms with Crippen molar-refractivity contribution in [1.29, 1.82) is 0 Å². The summed E-state index contributed by atoms with van der Waals surface area (Å²) < 4.78 is 31.6. The Morgan fingerprint density at radius 1 is 1.03 bits per heavy atom. The van der Waals surface area contributed by atoms with Crippen molar-refractivity contribution < 1.29 is 13.2 Å². The highest BCUT2D eigenvalue weighted by Gasteiger charge is 2.25. The van der Waals surface area contributed by atoms with Crippen LogP contribution in [0.15, 0.2) is 63.6 Å². The number of benzene rings is 2. The van der Waals surface area contributed by atoms with Crippen LogP contribution in [0, 0.1) is 6.92 Å². The van der Waals surface area contributed by atoms with Gasteiger partial charge in [-0.15, -0.1) is 0 Å². The molecule has 0 saturated heterocycles. The standard InChI is InChI=1S/C23H24N2O3S2/c1-16-10-12-17(13-11-16)15-30(26,27)23-24-21-9-4-3-8-20(21)22(25-23)29-19-7-5-6-18(14-19)28-2/h5-7,10-14H,3-4,8-9,15H2,1-2H3. The van der Waals surface area contributed by atoms with Crippen LogP contribution in [0.2, 0.25) is 0 Å². The molecule has 1 aromatic heterocycles. The van der Waals surface area contributed by atoms with Crippen molar-refractivity contribution in [3.8, 4) is 5.75 Å². The quantitative estimate of drug-likeness (QED) is 0.405. The first-order valence-corrected chi connectivity index (χ1v) is 12.4. The summed E-state index contributed by atoms with van der Waals surface area (Å²) in [5.41, 5.74) is 3.77. The molecule has 1 aliphatic rings. The van der Waals surface area contributed by atoms with Gasteiger partial charge in [-0.1, -0.05) is 47.7 Å². The van der Waals surface area contributed by atoms with Gasteiger partial charge >= 0.3 is 0 Å². The van der Waals surface area contributed by atoms with E-state index in [0.717, 1.165) is 63.7 Å². The monoisotopic (exact) mass is 440 g/mol. The number of hydrogen-bond acceptors (Lipinski definition) is 6. The molecule has 0 aliphatic heterocycles. The molecule has 2 aromatic carbocycles. The van der Waals surface area contributed by atoms with E-state index in [1.165, 1.54) is 11.8 Å². The van der Waals surface area contributed by atoms with Gasteiger partial charge in [0.1, 0.15) is 10.8 Å². The Balaban J connectivity index is 1.71. The van der Waals surface area contributed by atoms with Gasteiger partial charge in [0.05, 0.1) is 12.9 Å². The van der Waals surface area contributed by atoms with E-state index in [4.69, 9.17) is 4.74 Å². The van der Waals surface area contributed by atoms with Crippen LogP contribution in [-0.4, -0.2) is 25.5 Å². The van der Waals surface area contributed by atoms with E-state index in [-0.39, 0.29) is 10.9 Å². The Hall–Kier alpha value is -2.38. The van der Waals surface area contributed by atoms with Gasteiger partial charge in [0.2, 0.25) is 15.0 Å². The van der Waals surface area contributed by atoms with Crippen LogP contribution >= 0.6 is 11.8 Å². The van der Waals surface area contributed by atoms with Gasteiger partial charge in [0, 0.05) is 16.2 Å². The third kappa shape index (κ3) is 4.68. The molecule has 30 heavy (non-hydrogen) atoms. The molecule has 5 nitrogen and oxygen atoms in total. The molecular weight excluding hydrogens is 416 g/mol. The number of rotatable bonds is 6. The molecule has 0 fully saturated rings. The van der Waals surface area contributed by atoms with Crippen LogP contribution in [0.4, 0.5) is 0 Å². The lowest BCUT2D eigenvalue weighted by Crippen LogP contribution is -2.16. The van der Waals surface area contributed by atoms with E-state index in [2.05, 4.69) is 9.97 Å². The number of aryl methyl sites for hydroxylation is 2. The maximum absolute atomic E-state index is 13.1. The van der Waals surface area contributed by atoms with Crippen molar-refractivity contribution in [3.05, 3.63) is 70.9 Å². The number of fused-ring (bicyclic) bond motifs is 1. The Bertz CT molecular complexity index is 1160. The van der Waals surface area contributed by atoms with Crippen molar-refractivity contribution >= 4 is 21.6 Å². The zero-order chi connectivity index (χ0) is 21.1. The molecule has 1 heterocycles. The van der Waals surface area contributed by atoms with Crippen molar-refractivity contribution in [3.63, 3.8) is 0 Å². The first-order chi connectivity index (χ1) is 14.4. The lowest BCUT2D eigenvalue weighted by atomic mass is 9.98. The lowest BCUT2D eigenvalue weighted by molar-refractivity contribution is 0.413. The highest BCUT2D eigenvalue weighted by atomic mass is 32.2. The first kappa shape index (κ1) is 20.9. The maximum atomic E-state index is 13.1. The Kier molecular flexibility index (Phi) is 6.11. The summed E-state index contributed by atoms with van der Waals surface area (Å²) in [4.78, 5) is 10.0. The summed E-state index contributed by atoms with van der Waals surface area (Å²) >= 11 is 1.47. The smallest absolute Gasteiger partial charge is 0.248 e. The van der Waals surface area contributed by atoms with E-state index in [1.807, 2.05) is 55.5 Å². The summed E-state index contributed by atoms with van der Waals surface area (Å²) in [7, 11) is -2.02. The Labute approximate surface area is 181 Å². The molecule has 0 radical (unpaired) electrons. The van der Waals surface area contributed by atoms with E-state index >= 15 is 0 Å². The number of ether oxygens (including phenoxy) is 1. The van der Waals surface area contributed by atoms with Gasteiger partial charge in [-0.3, -0.25) is 0 Å². The van der Waals surface area contributed by atoms with Gasteiger partial charge in [-0.25, -0.2) is 18.4 Å². The topological polar surface area (TPSA) is 69.2 Å². The fourth-order valence-electron chi connectivity index (χ4n) is 3.51. The average molecular weight is 441 g/mol. The second kappa shape index (κ2) is 8.78. The van der Waals surface area contributed by atoms with E-state index < -0.39 is 9.84 Å². The fourth-order valence-corrected chi connectivity index (χ4v) is 5.82. The maximum Gasteiger partial charge on any atom is 0.248 e. The van der Waals surface area contributed by atoms with Gasteiger partial charge in [-0.2, -0.15) is 0 Å². The minimum absolute atomic E-state index is 0.0749. The normalized spacial score (nSPS) is 13.7. The molecule has 0 N–H and O–H groups in total. The highest BCUT2D eigenvalue weighted by Crippen LogP contribution is 2.35. The molecule has 156 valence electrons. The van der Waals surface area contributed by atoms with E-state index in [0.29, 0.717) is 0 Å². The molecule has 0 unspecified atom stereocenters. The predicted molar refractivity (Wildman–Crippen MR) is 118 cm³/mol. The van der Waals surface area contributed by atoms with Gasteiger partial charge in [-0.05, 0) is 56.4 Å². The van der Waals surface area contributed by atoms with Crippen LogP contribution in [0.3, 0.4) is 0 Å². The number of nitrogens with zero attached hydrogens (tertiary/aromatic N) is 2. The number of sulfone groups is 1. The molecular formula is C23H24N2O3S2. The molecule has 0 atom stereocenters. The molecule has 0 spiro atoms. The van der Waals surface area contributed by atoms with E-state index in [1.54, 1.807) is 7.11 Å². The zero-order valence-electron chi connectivity index (χ0n) is 17.1. The molecule has 0 saturated carbocycles. The third-order valence-corrected chi connectivity index (χ3v) is 7.61. The Morgan fingerprint density at radius 2 is 1.80 bits per heavy atom. The third-order valence-electron chi connectivity index (χ3n) is 5.14. The number of aromatic nitrogens is 2. The summed E-state index contributed by atoms with van der Waals surface area (Å²) in [5, 5.41) is 0.657. The van der Waals surface area contributed by atoms with Crippen molar-refractivity contribution in [1.82, 2.24) is 9.97 Å². The van der Waals surface area contributed by atoms with Gasteiger partial charge in [0.25, 0.3) is 0 Å². The zero-order valence-corrected chi connectivity index (χ0v) is 18.7. The van der Waals surface area contributed by atoms with Crippen molar-refractivity contribution in [2.24, 2.45) is 0 Å². The largest absolute Gasteiger partial charge is 0.497 e. The second-order valence-corrected chi connectivity index (χ2v) is 10.4. The second-order valence-electron chi connectivity index (χ2n) is 7.47. The summed E-state index contributed by atoms with van der Waals surface area (Å²) in [6.45, 7) is 1.98. The molecule has 1 aliphatic carbocycles. The summed E-state index contributed by atoms with van der Waals surface area (Å²) in [6, 6.07) is 15.2. The summed E-state index contributed by atoms with van der Waals surface area (Å²) in [5.74, 6) is 0.658. The molecule has 0 amide bonds. The minimum Gasteiger partial charge on any atom is -0.497 e. The van der Waals surface area contributed by atoms with Crippen LogP contribution < -0.4 is 4.74 Å². The SMILES string of the molecule is COc1cccc(Sc2nc(S(=O)(=O)Cc3ccc(C)cc3)nc3c2CCCC3)c1. The molecule has 0 bridgehead atoms. The van der Waals surface area contributed by atoms with E-state index in [9.17, 15) is 8.42 Å². The first-order valence-electron chi connectivity index (χ1n) is 9.94. The van der Waals surface area contributed by atoms with Gasteiger partial charge < -0.3 is 4.74 Å². The van der Waals surface area contributed by atoms with Crippen molar-refractivity contribution in [2.45, 2.75) is 53.4 Å². The lowest BCUT2D eigenvalue weighted by Gasteiger charge is -2.19. The molecule has 7 heteroatoms.